The summed E-state index contributed by atoms with van der Waals surface area (Å²) in [5.74, 6) is -0.195. The molecule has 3 aromatic rings. The normalized spacial score (nSPS) is 10.5. The summed E-state index contributed by atoms with van der Waals surface area (Å²) in [5, 5.41) is 6.59. The Morgan fingerprint density at radius 3 is 2.54 bits per heavy atom. The number of halogens is 1. The lowest BCUT2D eigenvalue weighted by molar-refractivity contribution is -0.116. The van der Waals surface area contributed by atoms with Gasteiger partial charge in [-0.2, -0.15) is 4.98 Å². The minimum Gasteiger partial charge on any atom is -0.345 e. The monoisotopic (exact) mass is 382 g/mol. The summed E-state index contributed by atoms with van der Waals surface area (Å²) in [7, 11) is 3.30. The Bertz CT molecular complexity index is 983. The maximum Gasteiger partial charge on any atom is 0.255 e. The molecule has 0 spiro atoms. The van der Waals surface area contributed by atoms with E-state index in [1.54, 1.807) is 50.5 Å². The number of aryl methyl sites for hydroxylation is 1. The zero-order valence-corrected chi connectivity index (χ0v) is 15.5. The fraction of sp³-hybridized carbons (Fsp3) is 0.200. The summed E-state index contributed by atoms with van der Waals surface area (Å²) in [6.45, 7) is 0. The number of nitrogens with zero attached hydrogens (tertiary/aromatic N) is 3. The molecule has 1 aromatic heterocycles. The SMILES string of the molecule is CN(C)C(=O)c1ccccc1NC(=O)CCc1nc(-c2ccc(F)cc2)no1. The Kier molecular flexibility index (Phi) is 5.78. The molecule has 0 aliphatic carbocycles. The third kappa shape index (κ3) is 4.59. The van der Waals surface area contributed by atoms with Gasteiger partial charge in [0.1, 0.15) is 5.82 Å². The second-order valence-electron chi connectivity index (χ2n) is 6.31. The molecule has 0 saturated carbocycles. The van der Waals surface area contributed by atoms with Gasteiger partial charge in [-0.15, -0.1) is 0 Å². The molecule has 2 aromatic carbocycles. The maximum absolute atomic E-state index is 13.0. The van der Waals surface area contributed by atoms with Gasteiger partial charge in [-0.25, -0.2) is 4.39 Å². The summed E-state index contributed by atoms with van der Waals surface area (Å²) in [6.07, 6.45) is 0.347. The van der Waals surface area contributed by atoms with Gasteiger partial charge in [0.25, 0.3) is 5.91 Å². The smallest absolute Gasteiger partial charge is 0.255 e. The van der Waals surface area contributed by atoms with Crippen molar-refractivity contribution < 1.29 is 18.5 Å². The average molecular weight is 382 g/mol. The van der Waals surface area contributed by atoms with Crippen LogP contribution in [0.1, 0.15) is 22.7 Å². The molecule has 28 heavy (non-hydrogen) atoms. The Morgan fingerprint density at radius 2 is 1.82 bits per heavy atom. The highest BCUT2D eigenvalue weighted by molar-refractivity contribution is 6.03. The van der Waals surface area contributed by atoms with Gasteiger partial charge in [0, 0.05) is 32.5 Å². The van der Waals surface area contributed by atoms with Crippen molar-refractivity contribution >= 4 is 17.5 Å². The highest BCUT2D eigenvalue weighted by Crippen LogP contribution is 2.18. The molecule has 0 fully saturated rings. The summed E-state index contributed by atoms with van der Waals surface area (Å²) >= 11 is 0. The van der Waals surface area contributed by atoms with Crippen LogP contribution in [0.15, 0.2) is 53.1 Å². The van der Waals surface area contributed by atoms with Gasteiger partial charge < -0.3 is 14.7 Å². The Labute approximate surface area is 161 Å². The molecule has 0 unspecified atom stereocenters. The molecule has 0 atom stereocenters. The first-order valence-electron chi connectivity index (χ1n) is 8.63. The van der Waals surface area contributed by atoms with Crippen molar-refractivity contribution in [2.45, 2.75) is 12.8 Å². The van der Waals surface area contributed by atoms with Crippen molar-refractivity contribution in [3.8, 4) is 11.4 Å². The number of aromatic nitrogens is 2. The molecule has 1 N–H and O–H groups in total. The number of nitrogens with one attached hydrogen (secondary N) is 1. The molecular formula is C20H19FN4O3. The van der Waals surface area contributed by atoms with E-state index in [1.807, 2.05) is 0 Å². The van der Waals surface area contributed by atoms with Crippen LogP contribution >= 0.6 is 0 Å². The van der Waals surface area contributed by atoms with E-state index in [0.717, 1.165) is 0 Å². The van der Waals surface area contributed by atoms with E-state index < -0.39 is 0 Å². The number of para-hydroxylation sites is 1. The molecule has 0 aliphatic heterocycles. The number of hydrogen-bond acceptors (Lipinski definition) is 5. The summed E-state index contributed by atoms with van der Waals surface area (Å²) in [4.78, 5) is 30.1. The zero-order valence-electron chi connectivity index (χ0n) is 15.5. The number of carbonyl (C=O) groups is 2. The second kappa shape index (κ2) is 8.43. The van der Waals surface area contributed by atoms with Crippen LogP contribution in [0, 0.1) is 5.82 Å². The Balaban J connectivity index is 1.61. The van der Waals surface area contributed by atoms with Crippen molar-refractivity contribution in [2.75, 3.05) is 19.4 Å². The van der Waals surface area contributed by atoms with Crippen LogP contribution in [0.5, 0.6) is 0 Å². The molecule has 1 heterocycles. The number of benzene rings is 2. The van der Waals surface area contributed by atoms with E-state index in [1.165, 1.54) is 17.0 Å². The zero-order chi connectivity index (χ0) is 20.1. The molecule has 0 radical (unpaired) electrons. The quantitative estimate of drug-likeness (QED) is 0.708. The van der Waals surface area contributed by atoms with Gasteiger partial charge in [0.2, 0.25) is 17.6 Å². The minimum atomic E-state index is -0.350. The van der Waals surface area contributed by atoms with E-state index in [-0.39, 0.29) is 30.5 Å². The highest BCUT2D eigenvalue weighted by atomic mass is 19.1. The van der Waals surface area contributed by atoms with Gasteiger partial charge in [0.15, 0.2) is 0 Å². The number of anilines is 1. The van der Waals surface area contributed by atoms with Crippen LogP contribution in [0.3, 0.4) is 0 Å². The van der Waals surface area contributed by atoms with Crippen molar-refractivity contribution in [3.63, 3.8) is 0 Å². The number of amides is 2. The standard InChI is InChI=1S/C20H19FN4O3/c1-25(2)20(27)15-5-3-4-6-16(15)22-17(26)11-12-18-23-19(24-28-18)13-7-9-14(21)10-8-13/h3-10H,11-12H2,1-2H3,(H,22,26). The predicted octanol–water partition coefficient (Wildman–Crippen LogP) is 3.15. The molecule has 144 valence electrons. The van der Waals surface area contributed by atoms with E-state index in [0.29, 0.717) is 28.5 Å². The predicted molar refractivity (Wildman–Crippen MR) is 101 cm³/mol. The average Bonchev–Trinajstić information content (AvgIpc) is 3.16. The van der Waals surface area contributed by atoms with E-state index in [9.17, 15) is 14.0 Å². The molecule has 7 nitrogen and oxygen atoms in total. The largest absolute Gasteiger partial charge is 0.345 e. The van der Waals surface area contributed by atoms with Crippen molar-refractivity contribution in [3.05, 3.63) is 65.8 Å². The van der Waals surface area contributed by atoms with Crippen molar-refractivity contribution in [2.24, 2.45) is 0 Å². The number of rotatable bonds is 6. The lowest BCUT2D eigenvalue weighted by atomic mass is 10.1. The molecule has 2 amide bonds. The number of hydrogen-bond donors (Lipinski definition) is 1. The lowest BCUT2D eigenvalue weighted by Gasteiger charge is -2.14. The lowest BCUT2D eigenvalue weighted by Crippen LogP contribution is -2.24. The Morgan fingerprint density at radius 1 is 1.11 bits per heavy atom. The Hall–Kier alpha value is -3.55. The van der Waals surface area contributed by atoms with Crippen molar-refractivity contribution in [1.29, 1.82) is 0 Å². The molecule has 3 rings (SSSR count). The van der Waals surface area contributed by atoms with Gasteiger partial charge in [-0.3, -0.25) is 9.59 Å². The van der Waals surface area contributed by atoms with Gasteiger partial charge >= 0.3 is 0 Å². The van der Waals surface area contributed by atoms with E-state index >= 15 is 0 Å². The summed E-state index contributed by atoms with van der Waals surface area (Å²) in [5.41, 5.74) is 1.48. The minimum absolute atomic E-state index is 0.107. The van der Waals surface area contributed by atoms with Crippen molar-refractivity contribution in [1.82, 2.24) is 15.0 Å². The van der Waals surface area contributed by atoms with E-state index in [4.69, 9.17) is 4.52 Å². The summed E-state index contributed by atoms with van der Waals surface area (Å²) < 4.78 is 18.1. The maximum atomic E-state index is 13.0. The van der Waals surface area contributed by atoms with Gasteiger partial charge in [-0.1, -0.05) is 17.3 Å². The van der Waals surface area contributed by atoms with Crippen LogP contribution in [0.4, 0.5) is 10.1 Å². The number of carbonyl (C=O) groups excluding carboxylic acids is 2. The fourth-order valence-corrected chi connectivity index (χ4v) is 2.53. The highest BCUT2D eigenvalue weighted by Gasteiger charge is 2.15. The second-order valence-corrected chi connectivity index (χ2v) is 6.31. The third-order valence-corrected chi connectivity index (χ3v) is 3.97. The van der Waals surface area contributed by atoms with Crippen LogP contribution in [-0.2, 0) is 11.2 Å². The first kappa shape index (κ1) is 19.2. The first-order chi connectivity index (χ1) is 13.4. The summed E-state index contributed by atoms with van der Waals surface area (Å²) in [6, 6.07) is 12.5. The van der Waals surface area contributed by atoms with Crippen LogP contribution < -0.4 is 5.32 Å². The third-order valence-electron chi connectivity index (χ3n) is 3.97. The fourth-order valence-electron chi connectivity index (χ4n) is 2.53. The molecule has 0 aliphatic rings. The molecule has 8 heteroatoms. The van der Waals surface area contributed by atoms with Gasteiger partial charge in [0.05, 0.1) is 11.3 Å². The van der Waals surface area contributed by atoms with Crippen LogP contribution in [0.2, 0.25) is 0 Å². The van der Waals surface area contributed by atoms with Crippen LogP contribution in [-0.4, -0.2) is 41.0 Å². The molecule has 0 bridgehead atoms. The van der Waals surface area contributed by atoms with E-state index in [2.05, 4.69) is 15.5 Å². The van der Waals surface area contributed by atoms with Gasteiger partial charge in [-0.05, 0) is 36.4 Å². The van der Waals surface area contributed by atoms with Crippen LogP contribution in [0.25, 0.3) is 11.4 Å². The molecular weight excluding hydrogens is 363 g/mol. The molecule has 0 saturated heterocycles. The first-order valence-corrected chi connectivity index (χ1v) is 8.63. The topological polar surface area (TPSA) is 88.3 Å².